The molecule has 0 radical (unpaired) electrons. The number of nitrogens with one attached hydrogen (secondary N) is 1. The highest BCUT2D eigenvalue weighted by Gasteiger charge is 2.29. The third kappa shape index (κ3) is 3.50. The van der Waals surface area contributed by atoms with E-state index in [4.69, 9.17) is 4.74 Å². The number of aliphatic hydroxyl groups is 1. The second-order valence-corrected chi connectivity index (χ2v) is 5.11. The van der Waals surface area contributed by atoms with Crippen molar-refractivity contribution in [1.82, 2.24) is 5.32 Å². The van der Waals surface area contributed by atoms with Crippen LogP contribution in [0, 0.1) is 10.1 Å². The van der Waals surface area contributed by atoms with Crippen LogP contribution in [-0.2, 0) is 4.74 Å². The van der Waals surface area contributed by atoms with Gasteiger partial charge in [0.1, 0.15) is 0 Å². The predicted molar refractivity (Wildman–Crippen MR) is 69.9 cm³/mol. The fourth-order valence-electron chi connectivity index (χ4n) is 2.09. The van der Waals surface area contributed by atoms with Crippen molar-refractivity contribution in [3.8, 4) is 0 Å². The number of non-ortho nitro benzene ring substituents is 1. The summed E-state index contributed by atoms with van der Waals surface area (Å²) in [6, 6.07) is 5.97. The lowest BCUT2D eigenvalue weighted by Crippen LogP contribution is -2.44. The second kappa shape index (κ2) is 5.64. The molecular weight excluding hydrogens is 248 g/mol. The van der Waals surface area contributed by atoms with E-state index < -0.39 is 11.0 Å². The lowest BCUT2D eigenvalue weighted by Gasteiger charge is -2.25. The number of nitro groups is 1. The highest BCUT2D eigenvalue weighted by atomic mass is 16.6. The van der Waals surface area contributed by atoms with Gasteiger partial charge in [0.25, 0.3) is 5.69 Å². The predicted octanol–water partition coefficient (Wildman–Crippen LogP) is 1.40. The zero-order valence-corrected chi connectivity index (χ0v) is 10.8. The van der Waals surface area contributed by atoms with Crippen LogP contribution in [0.25, 0.3) is 0 Å². The van der Waals surface area contributed by atoms with Crippen LogP contribution in [0.15, 0.2) is 24.3 Å². The first-order valence-corrected chi connectivity index (χ1v) is 6.25. The molecule has 1 fully saturated rings. The molecule has 6 heteroatoms. The number of hydrogen-bond donors (Lipinski definition) is 2. The summed E-state index contributed by atoms with van der Waals surface area (Å²) in [5, 5.41) is 23.9. The third-order valence-electron chi connectivity index (χ3n) is 3.43. The number of aliphatic hydroxyl groups excluding tert-OH is 1. The van der Waals surface area contributed by atoms with Crippen molar-refractivity contribution in [2.24, 2.45) is 0 Å². The summed E-state index contributed by atoms with van der Waals surface area (Å²) in [6.07, 6.45) is 0.234. The van der Waals surface area contributed by atoms with Gasteiger partial charge in [0.2, 0.25) is 0 Å². The maximum absolute atomic E-state index is 10.5. The quantitative estimate of drug-likeness (QED) is 0.621. The van der Waals surface area contributed by atoms with E-state index in [0.29, 0.717) is 18.7 Å². The van der Waals surface area contributed by atoms with Gasteiger partial charge in [-0.05, 0) is 31.0 Å². The third-order valence-corrected chi connectivity index (χ3v) is 3.43. The highest BCUT2D eigenvalue weighted by molar-refractivity contribution is 5.33. The Morgan fingerprint density at radius 3 is 2.74 bits per heavy atom. The summed E-state index contributed by atoms with van der Waals surface area (Å²) < 4.78 is 5.32. The molecule has 0 aromatic heterocycles. The van der Waals surface area contributed by atoms with Crippen LogP contribution in [0.5, 0.6) is 0 Å². The lowest BCUT2D eigenvalue weighted by atomic mass is 10.0. The monoisotopic (exact) mass is 266 g/mol. The fourth-order valence-corrected chi connectivity index (χ4v) is 2.09. The Hall–Kier alpha value is -1.50. The Bertz CT molecular complexity index is 440. The van der Waals surface area contributed by atoms with Crippen molar-refractivity contribution in [3.63, 3.8) is 0 Å². The van der Waals surface area contributed by atoms with E-state index in [1.165, 1.54) is 12.1 Å². The van der Waals surface area contributed by atoms with E-state index in [2.05, 4.69) is 12.2 Å². The minimum Gasteiger partial charge on any atom is -0.387 e. The Labute approximate surface area is 111 Å². The van der Waals surface area contributed by atoms with E-state index in [-0.39, 0.29) is 11.2 Å². The van der Waals surface area contributed by atoms with Crippen molar-refractivity contribution >= 4 is 5.69 Å². The fraction of sp³-hybridized carbons (Fsp3) is 0.538. The Morgan fingerprint density at radius 1 is 1.53 bits per heavy atom. The van der Waals surface area contributed by atoms with E-state index >= 15 is 0 Å². The molecule has 6 nitrogen and oxygen atoms in total. The number of nitro benzene ring substituents is 1. The SMILES string of the molecule is CC1(NCC(O)c2ccc([N+](=O)[O-])cc2)CCOC1. The summed E-state index contributed by atoms with van der Waals surface area (Å²) in [7, 11) is 0. The summed E-state index contributed by atoms with van der Waals surface area (Å²) in [4.78, 5) is 10.1. The van der Waals surface area contributed by atoms with Crippen LogP contribution in [0.2, 0.25) is 0 Å². The molecule has 104 valence electrons. The molecule has 1 saturated heterocycles. The Morgan fingerprint density at radius 2 is 2.21 bits per heavy atom. The van der Waals surface area contributed by atoms with Gasteiger partial charge in [-0.3, -0.25) is 10.1 Å². The number of ether oxygens (including phenoxy) is 1. The van der Waals surface area contributed by atoms with Gasteiger partial charge in [-0.15, -0.1) is 0 Å². The molecule has 1 aliphatic rings. The number of nitrogens with zero attached hydrogens (tertiary/aromatic N) is 1. The van der Waals surface area contributed by atoms with E-state index in [0.717, 1.165) is 13.0 Å². The normalized spacial score (nSPS) is 24.3. The lowest BCUT2D eigenvalue weighted by molar-refractivity contribution is -0.384. The van der Waals surface area contributed by atoms with Crippen molar-refractivity contribution in [3.05, 3.63) is 39.9 Å². The molecule has 19 heavy (non-hydrogen) atoms. The second-order valence-electron chi connectivity index (χ2n) is 5.11. The van der Waals surface area contributed by atoms with Gasteiger partial charge in [0, 0.05) is 30.8 Å². The van der Waals surface area contributed by atoms with Gasteiger partial charge in [-0.2, -0.15) is 0 Å². The molecule has 2 rings (SSSR count). The minimum absolute atomic E-state index is 0.0278. The largest absolute Gasteiger partial charge is 0.387 e. The molecule has 0 saturated carbocycles. The highest BCUT2D eigenvalue weighted by Crippen LogP contribution is 2.21. The maximum atomic E-state index is 10.5. The van der Waals surface area contributed by atoms with Crippen molar-refractivity contribution in [1.29, 1.82) is 0 Å². The standard InChI is InChI=1S/C13H18N2O4/c1-13(6-7-19-9-13)14-8-12(16)10-2-4-11(5-3-10)15(17)18/h2-5,12,14,16H,6-9H2,1H3. The smallest absolute Gasteiger partial charge is 0.269 e. The minimum atomic E-state index is -0.682. The molecule has 0 amide bonds. The summed E-state index contributed by atoms with van der Waals surface area (Å²) >= 11 is 0. The molecule has 2 unspecified atom stereocenters. The molecule has 2 atom stereocenters. The molecular formula is C13H18N2O4. The van der Waals surface area contributed by atoms with Crippen LogP contribution in [0.1, 0.15) is 25.0 Å². The zero-order chi connectivity index (χ0) is 13.9. The van der Waals surface area contributed by atoms with Crippen LogP contribution in [-0.4, -0.2) is 35.3 Å². The van der Waals surface area contributed by atoms with Crippen molar-refractivity contribution < 1.29 is 14.8 Å². The molecule has 0 bridgehead atoms. The van der Waals surface area contributed by atoms with E-state index in [1.54, 1.807) is 12.1 Å². The van der Waals surface area contributed by atoms with Crippen molar-refractivity contribution in [2.75, 3.05) is 19.8 Å². The number of β-amino-alcohol motifs (C(OH)–C–C–N with tert-alkyl or cyclic N) is 1. The molecule has 1 aliphatic heterocycles. The molecule has 2 N–H and O–H groups in total. The summed E-state index contributed by atoms with van der Waals surface area (Å²) in [5.41, 5.74) is 0.600. The first-order valence-electron chi connectivity index (χ1n) is 6.25. The Kier molecular flexibility index (Phi) is 4.14. The summed E-state index contributed by atoms with van der Waals surface area (Å²) in [5.74, 6) is 0. The van der Waals surface area contributed by atoms with Gasteiger partial charge in [0.05, 0.1) is 17.6 Å². The van der Waals surface area contributed by atoms with Gasteiger partial charge >= 0.3 is 0 Å². The molecule has 0 spiro atoms. The van der Waals surface area contributed by atoms with Gasteiger partial charge in [0.15, 0.2) is 0 Å². The molecule has 0 aliphatic carbocycles. The van der Waals surface area contributed by atoms with E-state index in [1.807, 2.05) is 0 Å². The zero-order valence-electron chi connectivity index (χ0n) is 10.8. The Balaban J connectivity index is 1.92. The molecule has 1 heterocycles. The van der Waals surface area contributed by atoms with Crippen LogP contribution >= 0.6 is 0 Å². The van der Waals surface area contributed by atoms with Crippen molar-refractivity contribution in [2.45, 2.75) is 25.0 Å². The first kappa shape index (κ1) is 13.9. The van der Waals surface area contributed by atoms with E-state index in [9.17, 15) is 15.2 Å². The van der Waals surface area contributed by atoms with Crippen LogP contribution < -0.4 is 5.32 Å². The first-order chi connectivity index (χ1) is 9.00. The topological polar surface area (TPSA) is 84.6 Å². The molecule has 1 aromatic carbocycles. The number of benzene rings is 1. The van der Waals surface area contributed by atoms with Gasteiger partial charge in [-0.25, -0.2) is 0 Å². The molecule has 1 aromatic rings. The van der Waals surface area contributed by atoms with Gasteiger partial charge < -0.3 is 15.2 Å². The van der Waals surface area contributed by atoms with Gasteiger partial charge in [-0.1, -0.05) is 0 Å². The summed E-state index contributed by atoms with van der Waals surface area (Å²) in [6.45, 7) is 3.83. The van der Waals surface area contributed by atoms with Crippen LogP contribution in [0.3, 0.4) is 0 Å². The maximum Gasteiger partial charge on any atom is 0.269 e. The average molecular weight is 266 g/mol. The average Bonchev–Trinajstić information content (AvgIpc) is 2.83. The van der Waals surface area contributed by atoms with Crippen LogP contribution in [0.4, 0.5) is 5.69 Å². The number of rotatable bonds is 5. The number of hydrogen-bond acceptors (Lipinski definition) is 5.